The summed E-state index contributed by atoms with van der Waals surface area (Å²) in [4.78, 5) is 16.7. The number of methoxy groups -OCH3 is 1. The second-order valence-electron chi connectivity index (χ2n) is 7.74. The maximum Gasteiger partial charge on any atom is 0.251 e. The van der Waals surface area contributed by atoms with Gasteiger partial charge in [-0.15, -0.1) is 11.3 Å². The first-order valence-electron chi connectivity index (χ1n) is 10.5. The number of nitrogens with zero attached hydrogens (tertiary/aromatic N) is 1. The van der Waals surface area contributed by atoms with Crippen LogP contribution in [0.3, 0.4) is 0 Å². The van der Waals surface area contributed by atoms with Crippen molar-refractivity contribution in [3.8, 4) is 5.75 Å². The van der Waals surface area contributed by atoms with Crippen molar-refractivity contribution in [1.29, 1.82) is 0 Å². The molecular formula is C26H23N3O2S. The fourth-order valence-corrected chi connectivity index (χ4v) is 5.28. The minimum absolute atomic E-state index is 0.453. The average Bonchev–Trinajstić information content (AvgIpc) is 3.22. The van der Waals surface area contributed by atoms with E-state index in [2.05, 4.69) is 46.7 Å². The van der Waals surface area contributed by atoms with Crippen molar-refractivity contribution in [3.05, 3.63) is 83.6 Å². The highest BCUT2D eigenvalue weighted by molar-refractivity contribution is 7.26. The highest BCUT2D eigenvalue weighted by Crippen LogP contribution is 2.40. The average molecular weight is 442 g/mol. The van der Waals surface area contributed by atoms with Crippen LogP contribution in [-0.2, 0) is 6.54 Å². The number of rotatable bonds is 6. The summed E-state index contributed by atoms with van der Waals surface area (Å²) in [7, 11) is 1.66. The van der Waals surface area contributed by atoms with Crippen molar-refractivity contribution in [2.75, 3.05) is 12.4 Å². The fourth-order valence-electron chi connectivity index (χ4n) is 4.02. The summed E-state index contributed by atoms with van der Waals surface area (Å²) in [5.41, 5.74) is 9.65. The Morgan fingerprint density at radius 2 is 2.03 bits per heavy atom. The predicted molar refractivity (Wildman–Crippen MR) is 132 cm³/mol. The fraction of sp³-hybridized carbons (Fsp3) is 0.154. The molecule has 1 aliphatic carbocycles. The number of pyridine rings is 1. The second-order valence-corrected chi connectivity index (χ2v) is 8.79. The molecule has 0 atom stereocenters. The molecule has 6 heteroatoms. The quantitative estimate of drug-likeness (QED) is 0.390. The van der Waals surface area contributed by atoms with Crippen LogP contribution in [0, 0.1) is 0 Å². The standard InChI is InChI=1S/C26H23N3O2S/c1-31-19-10-7-16(8-11-19)14-28-26-23-20-12-9-18(17-5-3-2-4-6-17)13-22(20)32-24(23)21(15-29-26)25(27)30/h3,5-13,15H,2,4,14H2,1H3,(H2,27,30)(H,28,29). The number of nitrogens with two attached hydrogens (primary N) is 1. The molecule has 0 spiro atoms. The largest absolute Gasteiger partial charge is 0.497 e. The van der Waals surface area contributed by atoms with Crippen LogP contribution in [-0.4, -0.2) is 18.0 Å². The molecule has 0 aliphatic heterocycles. The third-order valence-corrected chi connectivity index (χ3v) is 6.89. The Morgan fingerprint density at radius 3 is 2.75 bits per heavy atom. The predicted octanol–water partition coefficient (Wildman–Crippen LogP) is 5.90. The summed E-state index contributed by atoms with van der Waals surface area (Å²) < 4.78 is 7.21. The number of aromatic nitrogens is 1. The lowest BCUT2D eigenvalue weighted by molar-refractivity contribution is 0.100. The SMILES string of the molecule is COc1ccc(CNc2ncc(C(N)=O)c3sc4cc(C5=CCCC=C5)ccc4c23)cc1. The van der Waals surface area contributed by atoms with Crippen molar-refractivity contribution < 1.29 is 9.53 Å². The number of hydrogen-bond donors (Lipinski definition) is 2. The van der Waals surface area contributed by atoms with Gasteiger partial charge >= 0.3 is 0 Å². The van der Waals surface area contributed by atoms with Gasteiger partial charge in [0.25, 0.3) is 5.91 Å². The van der Waals surface area contributed by atoms with Crippen LogP contribution in [0.2, 0.25) is 0 Å². The summed E-state index contributed by atoms with van der Waals surface area (Å²) in [5.74, 6) is 1.10. The first kappa shape index (κ1) is 20.3. The van der Waals surface area contributed by atoms with E-state index in [1.165, 1.54) is 11.1 Å². The van der Waals surface area contributed by atoms with Crippen molar-refractivity contribution in [3.63, 3.8) is 0 Å². The lowest BCUT2D eigenvalue weighted by atomic mass is 9.98. The van der Waals surface area contributed by atoms with E-state index in [1.807, 2.05) is 24.3 Å². The van der Waals surface area contributed by atoms with Crippen LogP contribution in [0.25, 0.3) is 25.7 Å². The summed E-state index contributed by atoms with van der Waals surface area (Å²) >= 11 is 1.59. The Labute approximate surface area is 190 Å². The van der Waals surface area contributed by atoms with Crippen molar-refractivity contribution in [1.82, 2.24) is 4.98 Å². The number of nitrogens with one attached hydrogen (secondary N) is 1. The molecule has 1 aliphatic rings. The molecule has 32 heavy (non-hydrogen) atoms. The number of anilines is 1. The van der Waals surface area contributed by atoms with E-state index in [4.69, 9.17) is 10.5 Å². The van der Waals surface area contributed by atoms with Crippen LogP contribution in [0.5, 0.6) is 5.75 Å². The van der Waals surface area contributed by atoms with Crippen LogP contribution in [0.4, 0.5) is 5.82 Å². The maximum atomic E-state index is 12.1. The van der Waals surface area contributed by atoms with E-state index >= 15 is 0 Å². The minimum Gasteiger partial charge on any atom is -0.497 e. The van der Waals surface area contributed by atoms with E-state index in [1.54, 1.807) is 24.6 Å². The van der Waals surface area contributed by atoms with Gasteiger partial charge in [0.05, 0.1) is 17.4 Å². The number of thiophene rings is 1. The number of allylic oxidation sites excluding steroid dienone is 4. The van der Waals surface area contributed by atoms with Gasteiger partial charge in [-0.1, -0.05) is 42.5 Å². The molecule has 5 nitrogen and oxygen atoms in total. The molecule has 2 aromatic carbocycles. The number of benzene rings is 2. The first-order chi connectivity index (χ1) is 15.6. The van der Waals surface area contributed by atoms with Gasteiger partial charge in [-0.3, -0.25) is 4.79 Å². The highest BCUT2D eigenvalue weighted by Gasteiger charge is 2.18. The Balaban J connectivity index is 1.57. The molecule has 5 rings (SSSR count). The Morgan fingerprint density at radius 1 is 1.19 bits per heavy atom. The molecular weight excluding hydrogens is 418 g/mol. The lowest BCUT2D eigenvalue weighted by Gasteiger charge is -2.10. The number of carbonyl (C=O) groups is 1. The summed E-state index contributed by atoms with van der Waals surface area (Å²) in [6, 6.07) is 14.4. The minimum atomic E-state index is -0.464. The topological polar surface area (TPSA) is 77.2 Å². The number of carbonyl (C=O) groups excluding carboxylic acids is 1. The molecule has 0 saturated carbocycles. The third kappa shape index (κ3) is 3.74. The van der Waals surface area contributed by atoms with Crippen molar-refractivity contribution in [2.45, 2.75) is 19.4 Å². The molecule has 0 radical (unpaired) electrons. The zero-order valence-corrected chi connectivity index (χ0v) is 18.5. The van der Waals surface area contributed by atoms with Crippen LogP contribution in [0.15, 0.2) is 66.9 Å². The van der Waals surface area contributed by atoms with Crippen LogP contribution in [0.1, 0.15) is 34.3 Å². The number of primary amides is 1. The molecule has 0 fully saturated rings. The zero-order valence-electron chi connectivity index (χ0n) is 17.7. The number of fused-ring (bicyclic) bond motifs is 3. The molecule has 0 bridgehead atoms. The van der Waals surface area contributed by atoms with Crippen LogP contribution >= 0.6 is 11.3 Å². The second kappa shape index (κ2) is 8.48. The van der Waals surface area contributed by atoms with E-state index in [0.29, 0.717) is 12.1 Å². The van der Waals surface area contributed by atoms with E-state index in [0.717, 1.165) is 50.1 Å². The van der Waals surface area contributed by atoms with Crippen LogP contribution < -0.4 is 15.8 Å². The van der Waals surface area contributed by atoms with Gasteiger partial charge in [0.1, 0.15) is 11.6 Å². The van der Waals surface area contributed by atoms with Gasteiger partial charge in [0, 0.05) is 28.2 Å². The van der Waals surface area contributed by atoms with Gasteiger partial charge in [-0.25, -0.2) is 4.98 Å². The van der Waals surface area contributed by atoms with Crippen molar-refractivity contribution >= 4 is 48.8 Å². The Bertz CT molecular complexity index is 1380. The van der Waals surface area contributed by atoms with Gasteiger partial charge < -0.3 is 15.8 Å². The first-order valence-corrected chi connectivity index (χ1v) is 11.3. The molecule has 160 valence electrons. The molecule has 2 heterocycles. The lowest BCUT2D eigenvalue weighted by Crippen LogP contribution is -2.12. The molecule has 0 saturated heterocycles. The maximum absolute atomic E-state index is 12.1. The third-order valence-electron chi connectivity index (χ3n) is 5.71. The van der Waals surface area contributed by atoms with E-state index < -0.39 is 5.91 Å². The number of hydrogen-bond acceptors (Lipinski definition) is 5. The molecule has 1 amide bonds. The Hall–Kier alpha value is -3.64. The van der Waals surface area contributed by atoms with Gasteiger partial charge in [-0.05, 0) is 47.7 Å². The molecule has 0 unspecified atom stereocenters. The normalized spacial score (nSPS) is 13.3. The monoisotopic (exact) mass is 441 g/mol. The highest BCUT2D eigenvalue weighted by atomic mass is 32.1. The molecule has 2 aromatic heterocycles. The molecule has 3 N–H and O–H groups in total. The smallest absolute Gasteiger partial charge is 0.251 e. The van der Waals surface area contributed by atoms with Gasteiger partial charge in [0.2, 0.25) is 0 Å². The number of amides is 1. The molecule has 4 aromatic rings. The Kier molecular flexibility index (Phi) is 5.37. The van der Waals surface area contributed by atoms with Crippen molar-refractivity contribution in [2.24, 2.45) is 5.73 Å². The van der Waals surface area contributed by atoms with E-state index in [-0.39, 0.29) is 0 Å². The zero-order chi connectivity index (χ0) is 22.1. The summed E-state index contributed by atoms with van der Waals surface area (Å²) in [6.07, 6.45) is 10.4. The summed E-state index contributed by atoms with van der Waals surface area (Å²) in [6.45, 7) is 0.606. The van der Waals surface area contributed by atoms with E-state index in [9.17, 15) is 4.79 Å². The summed E-state index contributed by atoms with van der Waals surface area (Å²) in [5, 5.41) is 5.45. The van der Waals surface area contributed by atoms with Gasteiger partial charge in [-0.2, -0.15) is 0 Å². The number of ether oxygens (including phenoxy) is 1. The van der Waals surface area contributed by atoms with Gasteiger partial charge in [0.15, 0.2) is 0 Å².